The summed E-state index contributed by atoms with van der Waals surface area (Å²) in [7, 11) is 1.62. The lowest BCUT2D eigenvalue weighted by molar-refractivity contribution is 0.313. The predicted molar refractivity (Wildman–Crippen MR) is 118 cm³/mol. The number of aliphatic imine (C=N–C) groups is 1. The Labute approximate surface area is 181 Å². The molecule has 5 nitrogen and oxygen atoms in total. The van der Waals surface area contributed by atoms with Crippen LogP contribution in [0.1, 0.15) is 42.2 Å². The number of benzene rings is 3. The predicted octanol–water partition coefficient (Wildman–Crippen LogP) is 5.16. The number of hydrogen-bond acceptors (Lipinski definition) is 5. The maximum Gasteiger partial charge on any atom is 0.162 e. The molecule has 6 heteroatoms. The van der Waals surface area contributed by atoms with Crippen molar-refractivity contribution in [2.75, 3.05) is 13.7 Å². The number of rotatable bonds is 6. The van der Waals surface area contributed by atoms with Gasteiger partial charge in [0.1, 0.15) is 17.7 Å². The first kappa shape index (κ1) is 20.9. The third-order valence-electron chi connectivity index (χ3n) is 5.37. The van der Waals surface area contributed by atoms with E-state index in [1.807, 2.05) is 43.3 Å². The van der Waals surface area contributed by atoms with Crippen LogP contribution in [0.4, 0.5) is 4.39 Å². The Morgan fingerprint density at radius 2 is 1.77 bits per heavy atom. The van der Waals surface area contributed by atoms with Crippen molar-refractivity contribution in [1.29, 1.82) is 0 Å². The monoisotopic (exact) mass is 420 g/mol. The van der Waals surface area contributed by atoms with Crippen LogP contribution in [0, 0.1) is 5.82 Å². The number of phenolic OH excluding ortho intramolecular Hbond substituents is 1. The highest BCUT2D eigenvalue weighted by atomic mass is 19.1. The Morgan fingerprint density at radius 1 is 1.03 bits per heavy atom. The van der Waals surface area contributed by atoms with Crippen LogP contribution < -0.4 is 14.8 Å². The average Bonchev–Trinajstić information content (AvgIpc) is 2.80. The normalized spacial score (nSPS) is 18.4. The fourth-order valence-corrected chi connectivity index (χ4v) is 3.81. The van der Waals surface area contributed by atoms with Crippen molar-refractivity contribution in [1.82, 2.24) is 5.32 Å². The van der Waals surface area contributed by atoms with Gasteiger partial charge in [0, 0.05) is 29.3 Å². The molecule has 3 aromatic rings. The van der Waals surface area contributed by atoms with E-state index in [4.69, 9.17) is 14.5 Å². The Morgan fingerprint density at radius 3 is 2.48 bits per heavy atom. The molecule has 0 aliphatic carbocycles. The number of para-hydroxylation sites is 1. The van der Waals surface area contributed by atoms with E-state index in [0.29, 0.717) is 29.9 Å². The second kappa shape index (κ2) is 9.18. The number of phenols is 1. The molecule has 2 atom stereocenters. The van der Waals surface area contributed by atoms with Crippen LogP contribution in [0.25, 0.3) is 0 Å². The van der Waals surface area contributed by atoms with Gasteiger partial charge in [0.05, 0.1) is 13.7 Å². The Balaban J connectivity index is 1.76. The second-order valence-electron chi connectivity index (χ2n) is 7.28. The van der Waals surface area contributed by atoms with Crippen molar-refractivity contribution in [3.8, 4) is 17.2 Å². The molecule has 31 heavy (non-hydrogen) atoms. The third-order valence-corrected chi connectivity index (χ3v) is 5.37. The van der Waals surface area contributed by atoms with Crippen molar-refractivity contribution < 1.29 is 19.0 Å². The minimum Gasteiger partial charge on any atom is -0.504 e. The van der Waals surface area contributed by atoms with Crippen molar-refractivity contribution in [3.05, 3.63) is 89.2 Å². The van der Waals surface area contributed by atoms with E-state index in [1.165, 1.54) is 6.07 Å². The summed E-state index contributed by atoms with van der Waals surface area (Å²) in [6.45, 7) is 2.32. The molecule has 2 unspecified atom stereocenters. The van der Waals surface area contributed by atoms with E-state index in [-0.39, 0.29) is 17.6 Å². The molecule has 2 N–H and O–H groups in total. The number of nitrogens with one attached hydrogen (secondary N) is 1. The summed E-state index contributed by atoms with van der Waals surface area (Å²) < 4.78 is 25.4. The van der Waals surface area contributed by atoms with E-state index in [2.05, 4.69) is 5.32 Å². The first-order valence-corrected chi connectivity index (χ1v) is 10.3. The van der Waals surface area contributed by atoms with Gasteiger partial charge in [-0.2, -0.15) is 0 Å². The summed E-state index contributed by atoms with van der Waals surface area (Å²) >= 11 is 0. The highest BCUT2D eigenvalue weighted by molar-refractivity contribution is 6.01. The van der Waals surface area contributed by atoms with Crippen LogP contribution in [0.2, 0.25) is 0 Å². The van der Waals surface area contributed by atoms with Crippen molar-refractivity contribution >= 4 is 5.71 Å². The number of nitrogens with zero attached hydrogens (tertiary/aromatic N) is 1. The zero-order valence-corrected chi connectivity index (χ0v) is 17.5. The highest BCUT2D eigenvalue weighted by Gasteiger charge is 2.29. The molecule has 1 aliphatic rings. The molecular formula is C25H25FN2O3. The van der Waals surface area contributed by atoms with Gasteiger partial charge in [0.15, 0.2) is 11.5 Å². The smallest absolute Gasteiger partial charge is 0.162 e. The fourth-order valence-electron chi connectivity index (χ4n) is 3.81. The quantitative estimate of drug-likeness (QED) is 0.578. The molecule has 4 rings (SSSR count). The van der Waals surface area contributed by atoms with Crippen LogP contribution in [0.15, 0.2) is 71.7 Å². The number of ether oxygens (including phenoxy) is 2. The van der Waals surface area contributed by atoms with E-state index < -0.39 is 6.17 Å². The van der Waals surface area contributed by atoms with Gasteiger partial charge in [-0.3, -0.25) is 10.3 Å². The number of halogens is 1. The Hall–Kier alpha value is -3.38. The van der Waals surface area contributed by atoms with Gasteiger partial charge in [-0.1, -0.05) is 30.3 Å². The van der Waals surface area contributed by atoms with E-state index in [0.717, 1.165) is 17.0 Å². The zero-order valence-electron chi connectivity index (χ0n) is 17.5. The molecular weight excluding hydrogens is 395 g/mol. The first-order valence-electron chi connectivity index (χ1n) is 10.3. The van der Waals surface area contributed by atoms with Gasteiger partial charge < -0.3 is 14.6 Å². The van der Waals surface area contributed by atoms with Crippen LogP contribution in [0.3, 0.4) is 0 Å². The lowest BCUT2D eigenvalue weighted by atomic mass is 9.93. The van der Waals surface area contributed by atoms with Crippen molar-refractivity contribution in [2.24, 2.45) is 4.99 Å². The summed E-state index contributed by atoms with van der Waals surface area (Å²) in [5, 5.41) is 14.2. The highest BCUT2D eigenvalue weighted by Crippen LogP contribution is 2.39. The molecule has 0 amide bonds. The lowest BCUT2D eigenvalue weighted by Gasteiger charge is -2.31. The Bertz CT molecular complexity index is 1080. The fraction of sp³-hybridized carbons (Fsp3) is 0.240. The maximum absolute atomic E-state index is 14.6. The van der Waals surface area contributed by atoms with Crippen LogP contribution in [-0.4, -0.2) is 24.5 Å². The van der Waals surface area contributed by atoms with Crippen LogP contribution in [-0.2, 0) is 0 Å². The number of aromatic hydroxyl groups is 1. The molecule has 1 heterocycles. The molecule has 0 saturated heterocycles. The molecule has 0 spiro atoms. The standard InChI is InChI=1S/C25H25FN2O3/c1-3-31-23-10-6-8-19(24(23)29)22-15-21(16-11-13-17(30-2)14-12-16)27-25(28-22)18-7-4-5-9-20(18)26/h4-14,22,25,28-29H,3,15H2,1-2H3. The minimum atomic E-state index is -0.591. The summed E-state index contributed by atoms with van der Waals surface area (Å²) in [6, 6.07) is 19.4. The van der Waals surface area contributed by atoms with Gasteiger partial charge in [-0.15, -0.1) is 0 Å². The SMILES string of the molecule is CCOc1cccc(C2CC(c3ccc(OC)cc3)=NC(c3ccccc3F)N2)c1O. The lowest BCUT2D eigenvalue weighted by Crippen LogP contribution is -2.33. The number of hydrogen-bond donors (Lipinski definition) is 2. The molecule has 0 bridgehead atoms. The van der Waals surface area contributed by atoms with Gasteiger partial charge >= 0.3 is 0 Å². The van der Waals surface area contributed by atoms with Gasteiger partial charge in [-0.25, -0.2) is 4.39 Å². The van der Waals surface area contributed by atoms with Crippen molar-refractivity contribution in [2.45, 2.75) is 25.6 Å². The van der Waals surface area contributed by atoms with Gasteiger partial charge in [0.25, 0.3) is 0 Å². The molecule has 1 aliphatic heterocycles. The topological polar surface area (TPSA) is 63.1 Å². The summed E-state index contributed by atoms with van der Waals surface area (Å²) in [6.07, 6.45) is -0.0624. The molecule has 0 aromatic heterocycles. The van der Waals surface area contributed by atoms with Gasteiger partial charge in [-0.05, 0) is 48.9 Å². The van der Waals surface area contributed by atoms with Crippen molar-refractivity contribution in [3.63, 3.8) is 0 Å². The summed E-state index contributed by atoms with van der Waals surface area (Å²) in [4.78, 5) is 4.81. The Kier molecular flexibility index (Phi) is 6.18. The van der Waals surface area contributed by atoms with E-state index in [9.17, 15) is 9.50 Å². The zero-order chi connectivity index (χ0) is 21.8. The van der Waals surface area contributed by atoms with Crippen LogP contribution >= 0.6 is 0 Å². The largest absolute Gasteiger partial charge is 0.504 e. The average molecular weight is 420 g/mol. The molecule has 160 valence electrons. The molecule has 0 saturated carbocycles. The van der Waals surface area contributed by atoms with E-state index >= 15 is 0 Å². The summed E-state index contributed by atoms with van der Waals surface area (Å²) in [5.74, 6) is 0.941. The minimum absolute atomic E-state index is 0.0881. The van der Waals surface area contributed by atoms with E-state index in [1.54, 1.807) is 31.4 Å². The molecule has 0 fully saturated rings. The summed E-state index contributed by atoms with van der Waals surface area (Å²) in [5.41, 5.74) is 2.89. The molecule has 3 aromatic carbocycles. The maximum atomic E-state index is 14.6. The van der Waals surface area contributed by atoms with Gasteiger partial charge in [0.2, 0.25) is 0 Å². The number of methoxy groups -OCH3 is 1. The van der Waals surface area contributed by atoms with Crippen LogP contribution in [0.5, 0.6) is 17.2 Å². The third kappa shape index (κ3) is 4.39. The first-order chi connectivity index (χ1) is 15.1. The molecule has 0 radical (unpaired) electrons. The second-order valence-corrected chi connectivity index (χ2v) is 7.28.